The number of amides is 1. The number of imidazole rings is 1. The maximum atomic E-state index is 13.8. The van der Waals surface area contributed by atoms with Crippen LogP contribution in [0.4, 0.5) is 0 Å². The van der Waals surface area contributed by atoms with E-state index in [1.807, 2.05) is 13.8 Å². The zero-order valence-electron chi connectivity index (χ0n) is 20.7. The Bertz CT molecular complexity index is 1570. The summed E-state index contributed by atoms with van der Waals surface area (Å²) in [6, 6.07) is 10.8. The van der Waals surface area contributed by atoms with Crippen molar-refractivity contribution >= 4 is 38.7 Å². The summed E-state index contributed by atoms with van der Waals surface area (Å²) in [6.45, 7) is 3.52. The fourth-order valence-corrected chi connectivity index (χ4v) is 6.51. The molecule has 194 valence electrons. The van der Waals surface area contributed by atoms with Gasteiger partial charge in [-0.25, -0.2) is 17.4 Å². The summed E-state index contributed by atoms with van der Waals surface area (Å²) < 4.78 is 45.0. The maximum Gasteiger partial charge on any atom is 0.270 e. The molecule has 2 aromatic carbocycles. The molecule has 0 aliphatic heterocycles. The Labute approximate surface area is 218 Å². The van der Waals surface area contributed by atoms with Gasteiger partial charge in [0.2, 0.25) is 0 Å². The Balaban J connectivity index is 1.76. The molecule has 0 atom stereocenters. The summed E-state index contributed by atoms with van der Waals surface area (Å²) in [7, 11) is -0.957. The Morgan fingerprint density at radius 1 is 1.05 bits per heavy atom. The standard InChI is InChI=1S/C25H26N4O6S2/c1-15-12-27-21(16(2)24(15)34-4)14-36-25-28-20-10-7-18(33-3)11-22(20)29(25)37(31,32)19-8-5-17(6-9-19)35-13-23(26)30/h5-12H,13-14H2,1-4H3,(H2,26,30). The molecule has 10 nitrogen and oxygen atoms in total. The molecule has 37 heavy (non-hydrogen) atoms. The number of rotatable bonds is 10. The molecule has 0 fully saturated rings. The lowest BCUT2D eigenvalue weighted by Gasteiger charge is -2.13. The highest BCUT2D eigenvalue weighted by molar-refractivity contribution is 7.99. The molecule has 0 unspecified atom stereocenters. The van der Waals surface area contributed by atoms with Gasteiger partial charge in [0.25, 0.3) is 15.9 Å². The highest BCUT2D eigenvalue weighted by atomic mass is 32.2. The van der Waals surface area contributed by atoms with E-state index in [1.54, 1.807) is 31.5 Å². The van der Waals surface area contributed by atoms with E-state index >= 15 is 0 Å². The first-order chi connectivity index (χ1) is 17.6. The molecule has 0 bridgehead atoms. The summed E-state index contributed by atoms with van der Waals surface area (Å²) in [5.74, 6) is 1.30. The van der Waals surface area contributed by atoms with Crippen molar-refractivity contribution in [1.82, 2.24) is 13.9 Å². The number of aryl methyl sites for hydroxylation is 1. The Morgan fingerprint density at radius 2 is 1.76 bits per heavy atom. The number of hydrogen-bond acceptors (Lipinski definition) is 9. The first-order valence-corrected chi connectivity index (χ1v) is 13.5. The van der Waals surface area contributed by atoms with Crippen LogP contribution in [0.5, 0.6) is 17.2 Å². The van der Waals surface area contributed by atoms with Crippen molar-refractivity contribution in [3.63, 3.8) is 0 Å². The van der Waals surface area contributed by atoms with Gasteiger partial charge in [-0.05, 0) is 50.2 Å². The van der Waals surface area contributed by atoms with Crippen LogP contribution in [0, 0.1) is 13.8 Å². The monoisotopic (exact) mass is 542 g/mol. The average Bonchev–Trinajstić information content (AvgIpc) is 3.25. The van der Waals surface area contributed by atoms with Gasteiger partial charge in [-0.3, -0.25) is 9.78 Å². The van der Waals surface area contributed by atoms with Crippen molar-refractivity contribution in [1.29, 1.82) is 0 Å². The minimum absolute atomic E-state index is 0.0224. The molecule has 2 N–H and O–H groups in total. The van der Waals surface area contributed by atoms with E-state index in [0.29, 0.717) is 28.3 Å². The quantitative estimate of drug-likeness (QED) is 0.299. The van der Waals surface area contributed by atoms with Crippen molar-refractivity contribution in [3.05, 3.63) is 65.5 Å². The van der Waals surface area contributed by atoms with Gasteiger partial charge in [0, 0.05) is 29.1 Å². The number of ether oxygens (including phenoxy) is 3. The molecule has 2 heterocycles. The van der Waals surface area contributed by atoms with Crippen LogP contribution in [0.1, 0.15) is 16.8 Å². The molecule has 0 spiro atoms. The number of methoxy groups -OCH3 is 2. The molecule has 0 saturated carbocycles. The van der Waals surface area contributed by atoms with Gasteiger partial charge in [-0.2, -0.15) is 0 Å². The van der Waals surface area contributed by atoms with E-state index in [-0.39, 0.29) is 16.7 Å². The van der Waals surface area contributed by atoms with Crippen molar-refractivity contribution in [2.24, 2.45) is 5.73 Å². The summed E-state index contributed by atoms with van der Waals surface area (Å²) in [4.78, 5) is 20.1. The van der Waals surface area contributed by atoms with Crippen LogP contribution < -0.4 is 19.9 Å². The number of carbonyl (C=O) groups excluding carboxylic acids is 1. The number of nitrogens with two attached hydrogens (primary N) is 1. The van der Waals surface area contributed by atoms with Crippen LogP contribution in [0.25, 0.3) is 11.0 Å². The molecule has 0 aliphatic carbocycles. The number of hydrogen-bond donors (Lipinski definition) is 1. The van der Waals surface area contributed by atoms with Crippen molar-refractivity contribution in [2.75, 3.05) is 20.8 Å². The summed E-state index contributed by atoms with van der Waals surface area (Å²) >= 11 is 1.25. The third kappa shape index (κ3) is 5.35. The van der Waals surface area contributed by atoms with Crippen LogP contribution in [-0.2, 0) is 20.6 Å². The minimum atomic E-state index is -4.07. The van der Waals surface area contributed by atoms with E-state index < -0.39 is 15.9 Å². The van der Waals surface area contributed by atoms with E-state index in [1.165, 1.54) is 47.1 Å². The van der Waals surface area contributed by atoms with Gasteiger partial charge in [-0.15, -0.1) is 0 Å². The second-order valence-electron chi connectivity index (χ2n) is 8.08. The van der Waals surface area contributed by atoms with E-state index in [9.17, 15) is 13.2 Å². The molecule has 0 aliphatic rings. The van der Waals surface area contributed by atoms with Crippen LogP contribution in [0.15, 0.2) is 58.7 Å². The Morgan fingerprint density at radius 3 is 2.41 bits per heavy atom. The number of fused-ring (bicyclic) bond motifs is 1. The van der Waals surface area contributed by atoms with Crippen LogP contribution in [0.3, 0.4) is 0 Å². The van der Waals surface area contributed by atoms with Crippen LogP contribution in [0.2, 0.25) is 0 Å². The topological polar surface area (TPSA) is 136 Å². The summed E-state index contributed by atoms with van der Waals surface area (Å²) in [5.41, 5.74) is 8.54. The minimum Gasteiger partial charge on any atom is -0.497 e. The van der Waals surface area contributed by atoms with E-state index in [0.717, 1.165) is 22.6 Å². The normalized spacial score (nSPS) is 11.5. The predicted octanol–water partition coefficient (Wildman–Crippen LogP) is 3.46. The maximum absolute atomic E-state index is 13.8. The molecule has 1 amide bonds. The molecule has 2 aromatic heterocycles. The van der Waals surface area contributed by atoms with Crippen molar-refractivity contribution in [2.45, 2.75) is 29.7 Å². The zero-order chi connectivity index (χ0) is 26.7. The lowest BCUT2D eigenvalue weighted by atomic mass is 10.1. The van der Waals surface area contributed by atoms with E-state index in [2.05, 4.69) is 9.97 Å². The highest BCUT2D eigenvalue weighted by Crippen LogP contribution is 2.34. The van der Waals surface area contributed by atoms with Crippen LogP contribution >= 0.6 is 11.8 Å². The fourth-order valence-electron chi connectivity index (χ4n) is 3.78. The molecule has 0 saturated heterocycles. The highest BCUT2D eigenvalue weighted by Gasteiger charge is 2.26. The average molecular weight is 543 g/mol. The van der Waals surface area contributed by atoms with Gasteiger partial charge in [0.15, 0.2) is 11.8 Å². The van der Waals surface area contributed by atoms with Crippen LogP contribution in [-0.4, -0.2) is 49.1 Å². The number of aromatic nitrogens is 3. The Kier molecular flexibility index (Phi) is 7.60. The van der Waals surface area contributed by atoms with Gasteiger partial charge >= 0.3 is 0 Å². The number of primary amides is 1. The molecule has 4 aromatic rings. The van der Waals surface area contributed by atoms with Gasteiger partial charge < -0.3 is 19.9 Å². The van der Waals surface area contributed by atoms with E-state index in [4.69, 9.17) is 19.9 Å². The second-order valence-corrected chi connectivity index (χ2v) is 10.8. The number of nitrogens with zero attached hydrogens (tertiary/aromatic N) is 3. The smallest absolute Gasteiger partial charge is 0.270 e. The first kappa shape index (κ1) is 26.3. The van der Waals surface area contributed by atoms with Crippen molar-refractivity contribution in [3.8, 4) is 17.2 Å². The number of carbonyl (C=O) groups is 1. The number of benzene rings is 2. The molecule has 12 heteroatoms. The molecular weight excluding hydrogens is 516 g/mol. The number of thioether (sulfide) groups is 1. The largest absolute Gasteiger partial charge is 0.497 e. The summed E-state index contributed by atoms with van der Waals surface area (Å²) in [5, 5.41) is 0.276. The molecular formula is C25H26N4O6S2. The summed E-state index contributed by atoms with van der Waals surface area (Å²) in [6.07, 6.45) is 1.73. The first-order valence-electron chi connectivity index (χ1n) is 11.1. The molecule has 4 rings (SSSR count). The predicted molar refractivity (Wildman–Crippen MR) is 140 cm³/mol. The van der Waals surface area contributed by atoms with Gasteiger partial charge in [0.05, 0.1) is 35.8 Å². The van der Waals surface area contributed by atoms with Crippen molar-refractivity contribution < 1.29 is 27.4 Å². The third-order valence-electron chi connectivity index (χ3n) is 5.62. The lowest BCUT2D eigenvalue weighted by Crippen LogP contribution is -2.20. The molecule has 0 radical (unpaired) electrons. The lowest BCUT2D eigenvalue weighted by molar-refractivity contribution is -0.119. The van der Waals surface area contributed by atoms with Gasteiger partial charge in [0.1, 0.15) is 17.2 Å². The third-order valence-corrected chi connectivity index (χ3v) is 8.41. The zero-order valence-corrected chi connectivity index (χ0v) is 22.4. The fraction of sp³-hybridized carbons (Fsp3) is 0.240. The van der Waals surface area contributed by atoms with Gasteiger partial charge in [-0.1, -0.05) is 11.8 Å². The SMILES string of the molecule is COc1ccc2nc(SCc3ncc(C)c(OC)c3C)n(S(=O)(=O)c3ccc(OCC(N)=O)cc3)c2c1. The Hall–Kier alpha value is -3.77. The second kappa shape index (κ2) is 10.7. The number of pyridine rings is 1.